The van der Waals surface area contributed by atoms with Crippen LogP contribution in [0.4, 0.5) is 4.39 Å². The predicted molar refractivity (Wildman–Crippen MR) is 41.4 cm³/mol. The molecule has 1 atom stereocenters. The zero-order valence-electron chi connectivity index (χ0n) is 6.31. The van der Waals surface area contributed by atoms with Crippen LogP contribution >= 0.6 is 0 Å². The maximum absolute atomic E-state index is 11.7. The van der Waals surface area contributed by atoms with Crippen LogP contribution in [-0.2, 0) is 0 Å². The van der Waals surface area contributed by atoms with Crippen molar-refractivity contribution in [1.29, 1.82) is 0 Å². The first-order valence-corrected chi connectivity index (χ1v) is 3.40. The molecule has 3 heteroatoms. The molecule has 60 valence electrons. The van der Waals surface area contributed by atoms with Gasteiger partial charge in [0.15, 0.2) is 0 Å². The lowest BCUT2D eigenvalue weighted by Crippen LogP contribution is -2.22. The van der Waals surface area contributed by atoms with E-state index in [1.54, 1.807) is 0 Å². The zero-order chi connectivity index (χ0) is 7.98. The van der Waals surface area contributed by atoms with E-state index >= 15 is 0 Å². The molecule has 0 aromatic rings. The van der Waals surface area contributed by atoms with Crippen molar-refractivity contribution < 1.29 is 4.39 Å². The zero-order valence-corrected chi connectivity index (χ0v) is 6.31. The van der Waals surface area contributed by atoms with E-state index in [0.717, 1.165) is 5.57 Å². The Morgan fingerprint density at radius 2 is 2.30 bits per heavy atom. The standard InChI is InChI=1S/C7H15FN2/c1-6(3-5-9)7(10)2-4-8/h3,7H,2,4-5,9-10H2,1H3. The van der Waals surface area contributed by atoms with Crippen LogP contribution in [0, 0.1) is 0 Å². The fraction of sp³-hybridized carbons (Fsp3) is 0.714. The number of hydrogen-bond acceptors (Lipinski definition) is 2. The number of alkyl halides is 1. The van der Waals surface area contributed by atoms with Crippen LogP contribution in [0.1, 0.15) is 13.3 Å². The maximum Gasteiger partial charge on any atom is 0.0912 e. The summed E-state index contributed by atoms with van der Waals surface area (Å²) in [5.74, 6) is 0. The summed E-state index contributed by atoms with van der Waals surface area (Å²) < 4.78 is 11.7. The Labute approximate surface area is 61.1 Å². The summed E-state index contributed by atoms with van der Waals surface area (Å²) >= 11 is 0. The van der Waals surface area contributed by atoms with Crippen molar-refractivity contribution in [2.75, 3.05) is 13.2 Å². The van der Waals surface area contributed by atoms with Crippen LogP contribution in [0.15, 0.2) is 11.6 Å². The van der Waals surface area contributed by atoms with Crippen molar-refractivity contribution in [3.63, 3.8) is 0 Å². The first-order valence-electron chi connectivity index (χ1n) is 3.40. The number of nitrogens with two attached hydrogens (primary N) is 2. The van der Waals surface area contributed by atoms with Gasteiger partial charge >= 0.3 is 0 Å². The molecule has 0 aliphatic rings. The van der Waals surface area contributed by atoms with Gasteiger partial charge in [0, 0.05) is 12.6 Å². The highest BCUT2D eigenvalue weighted by Gasteiger charge is 2.02. The van der Waals surface area contributed by atoms with E-state index in [4.69, 9.17) is 11.5 Å². The molecule has 0 rings (SSSR count). The summed E-state index contributed by atoms with van der Waals surface area (Å²) in [5.41, 5.74) is 11.8. The molecule has 0 fully saturated rings. The normalized spacial score (nSPS) is 15.4. The van der Waals surface area contributed by atoms with Gasteiger partial charge in [-0.05, 0) is 13.3 Å². The summed E-state index contributed by atoms with van der Waals surface area (Å²) in [6.07, 6.45) is 2.21. The molecule has 0 aromatic heterocycles. The molecule has 0 heterocycles. The topological polar surface area (TPSA) is 52.0 Å². The molecule has 0 spiro atoms. The molecule has 0 saturated carbocycles. The Morgan fingerprint density at radius 3 is 2.70 bits per heavy atom. The van der Waals surface area contributed by atoms with Gasteiger partial charge in [-0.15, -0.1) is 0 Å². The molecule has 10 heavy (non-hydrogen) atoms. The van der Waals surface area contributed by atoms with Gasteiger partial charge in [-0.2, -0.15) is 0 Å². The summed E-state index contributed by atoms with van der Waals surface area (Å²) in [7, 11) is 0. The summed E-state index contributed by atoms with van der Waals surface area (Å²) in [4.78, 5) is 0. The van der Waals surface area contributed by atoms with Crippen LogP contribution in [0.3, 0.4) is 0 Å². The largest absolute Gasteiger partial charge is 0.327 e. The Hall–Kier alpha value is -0.410. The van der Waals surface area contributed by atoms with Crippen LogP contribution < -0.4 is 11.5 Å². The van der Waals surface area contributed by atoms with Crippen molar-refractivity contribution >= 4 is 0 Å². The lowest BCUT2D eigenvalue weighted by molar-refractivity contribution is 0.452. The van der Waals surface area contributed by atoms with Crippen LogP contribution in [0.5, 0.6) is 0 Å². The second-order valence-electron chi connectivity index (χ2n) is 2.27. The quantitative estimate of drug-likeness (QED) is 0.570. The minimum absolute atomic E-state index is 0.159. The first-order chi connectivity index (χ1) is 4.72. The van der Waals surface area contributed by atoms with E-state index in [-0.39, 0.29) is 12.7 Å². The maximum atomic E-state index is 11.7. The molecule has 4 N–H and O–H groups in total. The van der Waals surface area contributed by atoms with Crippen molar-refractivity contribution in [2.24, 2.45) is 11.5 Å². The van der Waals surface area contributed by atoms with Crippen LogP contribution in [-0.4, -0.2) is 19.3 Å². The van der Waals surface area contributed by atoms with Crippen molar-refractivity contribution in [3.05, 3.63) is 11.6 Å². The monoisotopic (exact) mass is 146 g/mol. The van der Waals surface area contributed by atoms with E-state index in [0.29, 0.717) is 13.0 Å². The highest BCUT2D eigenvalue weighted by atomic mass is 19.1. The third-order valence-electron chi connectivity index (χ3n) is 1.44. The SMILES string of the molecule is CC(=CCN)C(N)CCF. The van der Waals surface area contributed by atoms with Crippen LogP contribution in [0.25, 0.3) is 0 Å². The minimum atomic E-state index is -0.364. The first kappa shape index (κ1) is 9.59. The molecule has 0 saturated heterocycles. The van der Waals surface area contributed by atoms with E-state index in [1.165, 1.54) is 0 Å². The molecule has 0 amide bonds. The summed E-state index contributed by atoms with van der Waals surface area (Å²) in [6.45, 7) is 1.98. The lowest BCUT2D eigenvalue weighted by Gasteiger charge is -2.08. The Bertz CT molecular complexity index is 112. The molecule has 0 aliphatic carbocycles. The molecular weight excluding hydrogens is 131 g/mol. The molecule has 0 bridgehead atoms. The van der Waals surface area contributed by atoms with Crippen molar-refractivity contribution in [2.45, 2.75) is 19.4 Å². The number of rotatable bonds is 4. The molecule has 0 radical (unpaired) electrons. The second kappa shape index (κ2) is 5.38. The lowest BCUT2D eigenvalue weighted by atomic mass is 10.1. The fourth-order valence-corrected chi connectivity index (χ4v) is 0.682. The molecular formula is C7H15FN2. The Balaban J connectivity index is 3.69. The molecule has 1 unspecified atom stereocenters. The highest BCUT2D eigenvalue weighted by Crippen LogP contribution is 2.01. The van der Waals surface area contributed by atoms with E-state index in [2.05, 4.69) is 0 Å². The number of halogens is 1. The number of hydrogen-bond donors (Lipinski definition) is 2. The average molecular weight is 146 g/mol. The second-order valence-corrected chi connectivity index (χ2v) is 2.27. The van der Waals surface area contributed by atoms with Gasteiger partial charge in [-0.3, -0.25) is 4.39 Å². The summed E-state index contributed by atoms with van der Waals surface area (Å²) in [5, 5.41) is 0. The van der Waals surface area contributed by atoms with Gasteiger partial charge < -0.3 is 11.5 Å². The highest BCUT2D eigenvalue weighted by molar-refractivity contribution is 5.06. The van der Waals surface area contributed by atoms with Crippen molar-refractivity contribution in [3.8, 4) is 0 Å². The van der Waals surface area contributed by atoms with Gasteiger partial charge in [0.25, 0.3) is 0 Å². The Kier molecular flexibility index (Phi) is 5.16. The van der Waals surface area contributed by atoms with E-state index in [1.807, 2.05) is 13.0 Å². The van der Waals surface area contributed by atoms with Gasteiger partial charge in [0.2, 0.25) is 0 Å². The summed E-state index contributed by atoms with van der Waals surface area (Å²) in [6, 6.07) is -0.159. The van der Waals surface area contributed by atoms with Crippen LogP contribution in [0.2, 0.25) is 0 Å². The fourth-order valence-electron chi connectivity index (χ4n) is 0.682. The third kappa shape index (κ3) is 3.58. The van der Waals surface area contributed by atoms with Gasteiger partial charge in [-0.1, -0.05) is 11.6 Å². The van der Waals surface area contributed by atoms with Gasteiger partial charge in [0.1, 0.15) is 0 Å². The third-order valence-corrected chi connectivity index (χ3v) is 1.44. The van der Waals surface area contributed by atoms with E-state index in [9.17, 15) is 4.39 Å². The molecule has 2 nitrogen and oxygen atoms in total. The Morgan fingerprint density at radius 1 is 1.70 bits per heavy atom. The smallest absolute Gasteiger partial charge is 0.0912 e. The van der Waals surface area contributed by atoms with E-state index < -0.39 is 0 Å². The minimum Gasteiger partial charge on any atom is -0.327 e. The van der Waals surface area contributed by atoms with Gasteiger partial charge in [0.05, 0.1) is 6.67 Å². The molecule has 0 aliphatic heterocycles. The predicted octanol–water partition coefficient (Wildman–Crippen LogP) is 0.578. The average Bonchev–Trinajstić information content (AvgIpc) is 1.89. The van der Waals surface area contributed by atoms with Gasteiger partial charge in [-0.25, -0.2) is 0 Å². The molecule has 0 aromatic carbocycles. The van der Waals surface area contributed by atoms with Crippen molar-refractivity contribution in [1.82, 2.24) is 0 Å².